The second-order valence-electron chi connectivity index (χ2n) is 4.09. The summed E-state index contributed by atoms with van der Waals surface area (Å²) < 4.78 is 15.9. The number of benzene rings is 1. The summed E-state index contributed by atoms with van der Waals surface area (Å²) in [5, 5.41) is 9.16. The molecule has 0 atom stereocenters. The maximum absolute atomic E-state index is 9.16. The number of nitrogens with zero attached hydrogens (tertiary/aromatic N) is 1. The Kier molecular flexibility index (Phi) is 4.42. The van der Waals surface area contributed by atoms with Gasteiger partial charge in [0.1, 0.15) is 0 Å². The molecule has 0 unspecified atom stereocenters. The van der Waals surface area contributed by atoms with Gasteiger partial charge in [-0.25, -0.2) is 0 Å². The Labute approximate surface area is 117 Å². The van der Waals surface area contributed by atoms with Crippen molar-refractivity contribution >= 4 is 0 Å². The van der Waals surface area contributed by atoms with Crippen molar-refractivity contribution in [3.63, 3.8) is 0 Å². The van der Waals surface area contributed by atoms with Crippen molar-refractivity contribution in [2.75, 3.05) is 21.3 Å². The summed E-state index contributed by atoms with van der Waals surface area (Å²) in [6, 6.07) is 9.12. The molecule has 1 aromatic heterocycles. The van der Waals surface area contributed by atoms with Gasteiger partial charge in [0.2, 0.25) is 5.75 Å². The van der Waals surface area contributed by atoms with Gasteiger partial charge in [0.15, 0.2) is 11.5 Å². The summed E-state index contributed by atoms with van der Waals surface area (Å²) in [4.78, 5) is 4.37. The van der Waals surface area contributed by atoms with Gasteiger partial charge in [-0.3, -0.25) is 4.98 Å². The van der Waals surface area contributed by atoms with Gasteiger partial charge in [-0.1, -0.05) is 6.07 Å². The van der Waals surface area contributed by atoms with Crippen molar-refractivity contribution in [1.82, 2.24) is 4.98 Å². The fourth-order valence-corrected chi connectivity index (χ4v) is 1.96. The van der Waals surface area contributed by atoms with E-state index in [1.807, 2.05) is 24.3 Å². The molecule has 0 aliphatic heterocycles. The largest absolute Gasteiger partial charge is 0.493 e. The van der Waals surface area contributed by atoms with Crippen LogP contribution >= 0.6 is 0 Å². The van der Waals surface area contributed by atoms with Crippen LogP contribution in [0.25, 0.3) is 11.3 Å². The number of ether oxygens (including phenoxy) is 3. The van der Waals surface area contributed by atoms with E-state index in [1.54, 1.807) is 27.4 Å². The monoisotopic (exact) mass is 275 g/mol. The lowest BCUT2D eigenvalue weighted by atomic mass is 10.1. The van der Waals surface area contributed by atoms with Crippen molar-refractivity contribution in [3.05, 3.63) is 36.0 Å². The zero-order valence-corrected chi connectivity index (χ0v) is 11.7. The molecule has 106 valence electrons. The fourth-order valence-electron chi connectivity index (χ4n) is 1.96. The SMILES string of the molecule is COc1cc(-c2cccc(CO)n2)cc(OC)c1OC. The van der Waals surface area contributed by atoms with Gasteiger partial charge in [0.05, 0.1) is 39.3 Å². The van der Waals surface area contributed by atoms with E-state index in [1.165, 1.54) is 0 Å². The Morgan fingerprint density at radius 3 is 2.15 bits per heavy atom. The molecule has 0 aliphatic rings. The van der Waals surface area contributed by atoms with Crippen LogP contribution in [-0.2, 0) is 6.61 Å². The zero-order chi connectivity index (χ0) is 14.5. The second-order valence-corrected chi connectivity index (χ2v) is 4.09. The molecule has 0 fully saturated rings. The van der Waals surface area contributed by atoms with Gasteiger partial charge in [-0.05, 0) is 24.3 Å². The van der Waals surface area contributed by atoms with Crippen molar-refractivity contribution in [1.29, 1.82) is 0 Å². The molecule has 0 aliphatic carbocycles. The van der Waals surface area contributed by atoms with Crippen LogP contribution in [0.3, 0.4) is 0 Å². The average molecular weight is 275 g/mol. The molecule has 5 heteroatoms. The van der Waals surface area contributed by atoms with Crippen LogP contribution < -0.4 is 14.2 Å². The van der Waals surface area contributed by atoms with Crippen LogP contribution in [0.15, 0.2) is 30.3 Å². The van der Waals surface area contributed by atoms with Gasteiger partial charge in [-0.2, -0.15) is 0 Å². The first-order chi connectivity index (χ1) is 9.73. The number of hydrogen-bond acceptors (Lipinski definition) is 5. The average Bonchev–Trinajstić information content (AvgIpc) is 2.53. The molecule has 20 heavy (non-hydrogen) atoms. The van der Waals surface area contributed by atoms with Crippen LogP contribution in [-0.4, -0.2) is 31.4 Å². The summed E-state index contributed by atoms with van der Waals surface area (Å²) in [7, 11) is 4.70. The lowest BCUT2D eigenvalue weighted by molar-refractivity contribution is 0.277. The number of aliphatic hydroxyl groups is 1. The van der Waals surface area contributed by atoms with Crippen LogP contribution in [0.1, 0.15) is 5.69 Å². The molecule has 0 radical (unpaired) electrons. The minimum atomic E-state index is -0.0989. The highest BCUT2D eigenvalue weighted by molar-refractivity contribution is 5.68. The predicted molar refractivity (Wildman–Crippen MR) is 75.3 cm³/mol. The predicted octanol–water partition coefficient (Wildman–Crippen LogP) is 2.27. The Morgan fingerprint density at radius 1 is 1.00 bits per heavy atom. The Balaban J connectivity index is 2.56. The summed E-state index contributed by atoms with van der Waals surface area (Å²) in [5.74, 6) is 1.67. The second kappa shape index (κ2) is 6.25. The van der Waals surface area contributed by atoms with E-state index in [4.69, 9.17) is 19.3 Å². The lowest BCUT2D eigenvalue weighted by Crippen LogP contribution is -1.97. The number of hydrogen-bond donors (Lipinski definition) is 1. The van der Waals surface area contributed by atoms with Crippen molar-refractivity contribution in [2.24, 2.45) is 0 Å². The third-order valence-corrected chi connectivity index (χ3v) is 2.93. The van der Waals surface area contributed by atoms with E-state index in [0.717, 1.165) is 11.3 Å². The van der Waals surface area contributed by atoms with E-state index in [2.05, 4.69) is 4.98 Å². The molecule has 0 amide bonds. The highest BCUT2D eigenvalue weighted by Crippen LogP contribution is 2.40. The highest BCUT2D eigenvalue weighted by atomic mass is 16.5. The number of methoxy groups -OCH3 is 3. The van der Waals surface area contributed by atoms with Crippen LogP contribution in [0.5, 0.6) is 17.2 Å². The molecule has 2 rings (SSSR count). The Morgan fingerprint density at radius 2 is 1.65 bits per heavy atom. The third kappa shape index (κ3) is 2.67. The summed E-state index contributed by atoms with van der Waals surface area (Å²) in [5.41, 5.74) is 2.17. The maximum atomic E-state index is 9.16. The smallest absolute Gasteiger partial charge is 0.203 e. The Hall–Kier alpha value is -2.27. The first kappa shape index (κ1) is 14.1. The third-order valence-electron chi connectivity index (χ3n) is 2.93. The summed E-state index contributed by atoms with van der Waals surface area (Å²) in [6.45, 7) is -0.0989. The minimum Gasteiger partial charge on any atom is -0.493 e. The molecular formula is C15H17NO4. The molecule has 1 N–H and O–H groups in total. The van der Waals surface area contributed by atoms with Crippen molar-refractivity contribution < 1.29 is 19.3 Å². The minimum absolute atomic E-state index is 0.0989. The first-order valence-electron chi connectivity index (χ1n) is 6.10. The fraction of sp³-hybridized carbons (Fsp3) is 0.267. The molecule has 2 aromatic rings. The van der Waals surface area contributed by atoms with Gasteiger partial charge in [0.25, 0.3) is 0 Å². The van der Waals surface area contributed by atoms with Gasteiger partial charge >= 0.3 is 0 Å². The molecule has 0 bridgehead atoms. The van der Waals surface area contributed by atoms with E-state index in [0.29, 0.717) is 22.9 Å². The quantitative estimate of drug-likeness (QED) is 0.907. The van der Waals surface area contributed by atoms with Crippen LogP contribution in [0.2, 0.25) is 0 Å². The summed E-state index contributed by atoms with van der Waals surface area (Å²) >= 11 is 0. The first-order valence-corrected chi connectivity index (χ1v) is 6.10. The van der Waals surface area contributed by atoms with Gasteiger partial charge in [-0.15, -0.1) is 0 Å². The van der Waals surface area contributed by atoms with Gasteiger partial charge in [0, 0.05) is 5.56 Å². The number of aliphatic hydroxyl groups excluding tert-OH is 1. The molecule has 5 nitrogen and oxygen atoms in total. The standard InChI is InChI=1S/C15H17NO4/c1-18-13-7-10(8-14(19-2)15(13)20-3)12-6-4-5-11(9-17)16-12/h4-8,17H,9H2,1-3H3. The van der Waals surface area contributed by atoms with Crippen molar-refractivity contribution in [2.45, 2.75) is 6.61 Å². The molecule has 1 heterocycles. The topological polar surface area (TPSA) is 60.8 Å². The molecule has 0 spiro atoms. The molecule has 0 saturated heterocycles. The van der Waals surface area contributed by atoms with E-state index < -0.39 is 0 Å². The van der Waals surface area contributed by atoms with E-state index >= 15 is 0 Å². The zero-order valence-electron chi connectivity index (χ0n) is 11.7. The van der Waals surface area contributed by atoms with E-state index in [9.17, 15) is 0 Å². The number of pyridine rings is 1. The van der Waals surface area contributed by atoms with Crippen LogP contribution in [0.4, 0.5) is 0 Å². The van der Waals surface area contributed by atoms with Crippen molar-refractivity contribution in [3.8, 4) is 28.5 Å². The highest BCUT2D eigenvalue weighted by Gasteiger charge is 2.14. The molecule has 1 aromatic carbocycles. The maximum Gasteiger partial charge on any atom is 0.203 e. The lowest BCUT2D eigenvalue weighted by Gasteiger charge is -2.14. The summed E-state index contributed by atoms with van der Waals surface area (Å²) in [6.07, 6.45) is 0. The molecule has 0 saturated carbocycles. The van der Waals surface area contributed by atoms with Crippen LogP contribution in [0, 0.1) is 0 Å². The van der Waals surface area contributed by atoms with E-state index in [-0.39, 0.29) is 6.61 Å². The normalized spacial score (nSPS) is 10.2. The van der Waals surface area contributed by atoms with Gasteiger partial charge < -0.3 is 19.3 Å². The molecular weight excluding hydrogens is 258 g/mol. The Bertz CT molecular complexity index is 573. The number of aromatic nitrogens is 1. The number of rotatable bonds is 5.